The molecule has 0 fully saturated rings. The number of para-hydroxylation sites is 1. The maximum absolute atomic E-state index is 13.6. The topological polar surface area (TPSA) is 81.4 Å². The van der Waals surface area contributed by atoms with Crippen LogP contribution in [0.2, 0.25) is 0 Å². The van der Waals surface area contributed by atoms with Gasteiger partial charge in [0.1, 0.15) is 22.3 Å². The van der Waals surface area contributed by atoms with E-state index in [1.807, 2.05) is 4.72 Å². The zero-order valence-corrected chi connectivity index (χ0v) is 11.7. The molecule has 2 rings (SSSR count). The number of benzene rings is 2. The smallest absolute Gasteiger partial charge is 0.264 e. The van der Waals surface area contributed by atoms with Crippen LogP contribution in [0.4, 0.5) is 20.2 Å². The second kappa shape index (κ2) is 5.57. The Labute approximate surface area is 120 Å². The summed E-state index contributed by atoms with van der Waals surface area (Å²) in [5.74, 6) is -1.40. The molecule has 0 aliphatic rings. The van der Waals surface area contributed by atoms with Crippen LogP contribution in [-0.2, 0) is 10.0 Å². The zero-order valence-electron chi connectivity index (χ0n) is 10.9. The molecule has 0 saturated heterocycles. The van der Waals surface area contributed by atoms with Gasteiger partial charge in [0.15, 0.2) is 0 Å². The van der Waals surface area contributed by atoms with Gasteiger partial charge in [-0.25, -0.2) is 17.2 Å². The number of hydrogen-bond acceptors (Lipinski definition) is 4. The zero-order chi connectivity index (χ0) is 15.6. The van der Waals surface area contributed by atoms with Crippen LogP contribution in [0, 0.1) is 11.6 Å². The van der Waals surface area contributed by atoms with Gasteiger partial charge in [-0.3, -0.25) is 4.72 Å². The van der Waals surface area contributed by atoms with Gasteiger partial charge in [0.05, 0.1) is 18.5 Å². The third kappa shape index (κ3) is 3.05. The van der Waals surface area contributed by atoms with Gasteiger partial charge in [0, 0.05) is 6.07 Å². The molecule has 0 aliphatic heterocycles. The van der Waals surface area contributed by atoms with Crippen molar-refractivity contribution >= 4 is 21.4 Å². The van der Waals surface area contributed by atoms with E-state index in [1.165, 1.54) is 25.3 Å². The van der Waals surface area contributed by atoms with Crippen molar-refractivity contribution < 1.29 is 21.9 Å². The number of nitrogens with two attached hydrogens (primary N) is 1. The first-order valence-corrected chi connectivity index (χ1v) is 7.24. The third-order valence-corrected chi connectivity index (χ3v) is 4.14. The number of anilines is 2. The number of ether oxygens (including phenoxy) is 1. The Morgan fingerprint density at radius 1 is 1.14 bits per heavy atom. The second-order valence-corrected chi connectivity index (χ2v) is 5.75. The first-order valence-electron chi connectivity index (χ1n) is 5.75. The van der Waals surface area contributed by atoms with Crippen molar-refractivity contribution in [3.8, 4) is 5.75 Å². The summed E-state index contributed by atoms with van der Waals surface area (Å²) in [6.45, 7) is 0. The number of sulfonamides is 1. The molecule has 0 aliphatic carbocycles. The lowest BCUT2D eigenvalue weighted by Gasteiger charge is -2.12. The lowest BCUT2D eigenvalue weighted by atomic mass is 10.3. The van der Waals surface area contributed by atoms with Gasteiger partial charge in [-0.2, -0.15) is 0 Å². The largest absolute Gasteiger partial charge is 0.497 e. The van der Waals surface area contributed by atoms with Crippen LogP contribution >= 0.6 is 0 Å². The van der Waals surface area contributed by atoms with Gasteiger partial charge in [0.25, 0.3) is 10.0 Å². The highest BCUT2D eigenvalue weighted by Gasteiger charge is 2.21. The summed E-state index contributed by atoms with van der Waals surface area (Å²) < 4.78 is 58.2. The van der Waals surface area contributed by atoms with E-state index in [1.54, 1.807) is 0 Å². The predicted octanol–water partition coefficient (Wildman–Crippen LogP) is 2.36. The fourth-order valence-corrected chi connectivity index (χ4v) is 2.86. The van der Waals surface area contributed by atoms with Gasteiger partial charge >= 0.3 is 0 Å². The third-order valence-electron chi connectivity index (χ3n) is 2.72. The van der Waals surface area contributed by atoms with E-state index in [9.17, 15) is 17.2 Å². The molecule has 8 heteroatoms. The minimum atomic E-state index is -4.22. The van der Waals surface area contributed by atoms with E-state index in [0.717, 1.165) is 18.2 Å². The monoisotopic (exact) mass is 314 g/mol. The van der Waals surface area contributed by atoms with E-state index in [4.69, 9.17) is 10.5 Å². The van der Waals surface area contributed by atoms with Crippen LogP contribution in [0.25, 0.3) is 0 Å². The molecule has 21 heavy (non-hydrogen) atoms. The standard InChI is InChI=1S/C13H12F2N2O3S/c1-20-8-5-6-9(14)11(7-8)17-21(18,19)12-4-2-3-10(15)13(12)16/h2-7,17H,16H2,1H3. The number of methoxy groups -OCH3 is 1. The highest BCUT2D eigenvalue weighted by molar-refractivity contribution is 7.92. The summed E-state index contributed by atoms with van der Waals surface area (Å²) >= 11 is 0. The molecule has 0 spiro atoms. The molecular formula is C13H12F2N2O3S. The van der Waals surface area contributed by atoms with Crippen LogP contribution in [0.5, 0.6) is 5.75 Å². The molecule has 112 valence electrons. The normalized spacial score (nSPS) is 11.2. The summed E-state index contributed by atoms with van der Waals surface area (Å²) in [5.41, 5.74) is 4.55. The van der Waals surface area contributed by atoms with Crippen molar-refractivity contribution in [3.05, 3.63) is 48.0 Å². The molecule has 0 aromatic heterocycles. The van der Waals surface area contributed by atoms with Crippen molar-refractivity contribution in [2.45, 2.75) is 4.90 Å². The van der Waals surface area contributed by atoms with Crippen molar-refractivity contribution in [2.24, 2.45) is 0 Å². The van der Waals surface area contributed by atoms with Crippen LogP contribution in [0.15, 0.2) is 41.3 Å². The predicted molar refractivity (Wildman–Crippen MR) is 74.6 cm³/mol. The summed E-state index contributed by atoms with van der Waals surface area (Å²) in [6.07, 6.45) is 0. The summed E-state index contributed by atoms with van der Waals surface area (Å²) in [6, 6.07) is 6.90. The Bertz CT molecular complexity index is 779. The van der Waals surface area contributed by atoms with E-state index in [0.29, 0.717) is 0 Å². The highest BCUT2D eigenvalue weighted by Crippen LogP contribution is 2.27. The lowest BCUT2D eigenvalue weighted by molar-refractivity contribution is 0.414. The average molecular weight is 314 g/mol. The first kappa shape index (κ1) is 15.0. The molecule has 2 aromatic rings. The Kier molecular flexibility index (Phi) is 3.99. The second-order valence-electron chi connectivity index (χ2n) is 4.10. The van der Waals surface area contributed by atoms with Gasteiger partial charge in [0.2, 0.25) is 0 Å². The lowest BCUT2D eigenvalue weighted by Crippen LogP contribution is -2.16. The fraction of sp³-hybridized carbons (Fsp3) is 0.0769. The SMILES string of the molecule is COc1ccc(F)c(NS(=O)(=O)c2cccc(F)c2N)c1. The van der Waals surface area contributed by atoms with Crippen LogP contribution < -0.4 is 15.2 Å². The molecule has 0 saturated carbocycles. The Hall–Kier alpha value is -2.35. The molecule has 0 atom stereocenters. The average Bonchev–Trinajstić information content (AvgIpc) is 2.44. The van der Waals surface area contributed by atoms with Crippen LogP contribution in [0.3, 0.4) is 0 Å². The van der Waals surface area contributed by atoms with E-state index in [-0.39, 0.29) is 11.4 Å². The van der Waals surface area contributed by atoms with Gasteiger partial charge in [-0.05, 0) is 24.3 Å². The number of hydrogen-bond donors (Lipinski definition) is 2. The molecule has 0 unspecified atom stereocenters. The molecule has 3 N–H and O–H groups in total. The molecule has 0 radical (unpaired) electrons. The number of rotatable bonds is 4. The minimum Gasteiger partial charge on any atom is -0.497 e. The summed E-state index contributed by atoms with van der Waals surface area (Å²) in [5, 5.41) is 0. The Morgan fingerprint density at radius 3 is 2.52 bits per heavy atom. The van der Waals surface area contributed by atoms with Gasteiger partial charge < -0.3 is 10.5 Å². The van der Waals surface area contributed by atoms with E-state index < -0.39 is 32.2 Å². The number of nitrogen functional groups attached to an aromatic ring is 1. The van der Waals surface area contributed by atoms with Crippen LogP contribution in [-0.4, -0.2) is 15.5 Å². The molecule has 0 amide bonds. The summed E-state index contributed by atoms with van der Waals surface area (Å²) in [4.78, 5) is -0.468. The minimum absolute atomic E-state index is 0.265. The summed E-state index contributed by atoms with van der Waals surface area (Å²) in [7, 11) is -2.87. The molecule has 0 heterocycles. The van der Waals surface area contributed by atoms with Crippen molar-refractivity contribution in [3.63, 3.8) is 0 Å². The number of halogens is 2. The van der Waals surface area contributed by atoms with E-state index >= 15 is 0 Å². The molecule has 0 bridgehead atoms. The van der Waals surface area contributed by atoms with Crippen molar-refractivity contribution in [2.75, 3.05) is 17.6 Å². The molecule has 2 aromatic carbocycles. The van der Waals surface area contributed by atoms with Crippen molar-refractivity contribution in [1.82, 2.24) is 0 Å². The Balaban J connectivity index is 2.45. The quantitative estimate of drug-likeness (QED) is 0.849. The number of nitrogens with one attached hydrogen (secondary N) is 1. The fourth-order valence-electron chi connectivity index (χ4n) is 1.66. The Morgan fingerprint density at radius 2 is 1.86 bits per heavy atom. The maximum Gasteiger partial charge on any atom is 0.264 e. The molecule has 5 nitrogen and oxygen atoms in total. The first-order chi connectivity index (χ1) is 9.85. The maximum atomic E-state index is 13.6. The van der Waals surface area contributed by atoms with Gasteiger partial charge in [-0.15, -0.1) is 0 Å². The van der Waals surface area contributed by atoms with E-state index in [2.05, 4.69) is 0 Å². The van der Waals surface area contributed by atoms with Crippen LogP contribution in [0.1, 0.15) is 0 Å². The van der Waals surface area contributed by atoms with Crippen molar-refractivity contribution in [1.29, 1.82) is 0 Å². The molecular weight excluding hydrogens is 302 g/mol. The highest BCUT2D eigenvalue weighted by atomic mass is 32.2. The van der Waals surface area contributed by atoms with Gasteiger partial charge in [-0.1, -0.05) is 6.07 Å².